The van der Waals surface area contributed by atoms with E-state index in [1.165, 1.54) is 41.6 Å². The van der Waals surface area contributed by atoms with Crippen molar-refractivity contribution in [3.05, 3.63) is 59.4 Å². The number of nitrogens with zero attached hydrogens (tertiary/aromatic N) is 3. The van der Waals surface area contributed by atoms with Crippen LogP contribution in [0.1, 0.15) is 30.9 Å². The van der Waals surface area contributed by atoms with Gasteiger partial charge in [-0.25, -0.2) is 12.8 Å². The lowest BCUT2D eigenvalue weighted by Crippen LogP contribution is -2.38. The number of amides is 1. The van der Waals surface area contributed by atoms with Crippen molar-refractivity contribution in [2.75, 3.05) is 18.4 Å². The molecule has 0 radical (unpaired) electrons. The summed E-state index contributed by atoms with van der Waals surface area (Å²) in [6.07, 6.45) is 0.853. The minimum Gasteiger partial charge on any atom is -0.391 e. The van der Waals surface area contributed by atoms with Crippen molar-refractivity contribution in [1.29, 1.82) is 5.26 Å². The van der Waals surface area contributed by atoms with Crippen molar-refractivity contribution in [2.24, 2.45) is 5.16 Å². The quantitative estimate of drug-likeness (QED) is 0.689. The van der Waals surface area contributed by atoms with E-state index in [1.807, 2.05) is 0 Å². The number of oxime groups is 1. The number of halogens is 1. The summed E-state index contributed by atoms with van der Waals surface area (Å²) in [5.74, 6) is -0.818. The molecule has 8 nitrogen and oxygen atoms in total. The summed E-state index contributed by atoms with van der Waals surface area (Å²) in [4.78, 5) is 16.5. The van der Waals surface area contributed by atoms with Crippen molar-refractivity contribution < 1.29 is 22.4 Å². The Morgan fingerprint density at radius 3 is 2.52 bits per heavy atom. The van der Waals surface area contributed by atoms with Crippen LogP contribution in [-0.4, -0.2) is 37.4 Å². The lowest BCUT2D eigenvalue weighted by Gasteiger charge is -2.26. The van der Waals surface area contributed by atoms with Crippen molar-refractivity contribution in [1.82, 2.24) is 4.31 Å². The van der Waals surface area contributed by atoms with Gasteiger partial charge in [0.2, 0.25) is 15.9 Å². The van der Waals surface area contributed by atoms with Crippen LogP contribution in [0.25, 0.3) is 0 Å². The SMILES string of the molecule is CC(=O)Nc1ccc(S(=O)(=O)N2CCC(=NOCc3ccc(F)c(C#N)c3)CC2)cc1. The maximum Gasteiger partial charge on any atom is 0.243 e. The number of sulfonamides is 1. The van der Waals surface area contributed by atoms with Gasteiger partial charge in [-0.15, -0.1) is 0 Å². The van der Waals surface area contributed by atoms with Gasteiger partial charge in [-0.2, -0.15) is 9.57 Å². The summed E-state index contributed by atoms with van der Waals surface area (Å²) in [6.45, 7) is 2.01. The second-order valence-corrected chi connectivity index (χ2v) is 8.90. The Kier molecular flexibility index (Phi) is 6.99. The van der Waals surface area contributed by atoms with Gasteiger partial charge in [0, 0.05) is 38.5 Å². The number of benzene rings is 2. The maximum atomic E-state index is 13.3. The highest BCUT2D eigenvalue weighted by Crippen LogP contribution is 2.22. The zero-order chi connectivity index (χ0) is 22.4. The molecule has 2 aromatic carbocycles. The normalized spacial score (nSPS) is 14.5. The number of piperidine rings is 1. The summed E-state index contributed by atoms with van der Waals surface area (Å²) >= 11 is 0. The molecule has 31 heavy (non-hydrogen) atoms. The molecule has 1 aliphatic heterocycles. The zero-order valence-corrected chi connectivity index (χ0v) is 17.7. The molecule has 0 atom stereocenters. The number of anilines is 1. The summed E-state index contributed by atoms with van der Waals surface area (Å²) in [7, 11) is -3.65. The van der Waals surface area contributed by atoms with Crippen LogP contribution in [0, 0.1) is 17.1 Å². The highest BCUT2D eigenvalue weighted by atomic mass is 32.2. The molecule has 0 spiro atoms. The van der Waals surface area contributed by atoms with E-state index in [0.717, 1.165) is 5.71 Å². The standard InChI is InChI=1S/C21H21FN4O4S/c1-15(27)24-18-3-5-20(6-4-18)31(28,29)26-10-8-19(9-11-26)25-30-14-16-2-7-21(22)17(12-16)13-23/h2-7,12H,8-11,14H2,1H3,(H,24,27). The molecular weight excluding hydrogens is 423 g/mol. The first kappa shape index (κ1) is 22.4. The van der Waals surface area contributed by atoms with E-state index in [0.29, 0.717) is 24.1 Å². The molecular formula is C21H21FN4O4S. The minimum absolute atomic E-state index is 0.0580. The van der Waals surface area contributed by atoms with E-state index < -0.39 is 15.8 Å². The Morgan fingerprint density at radius 1 is 1.23 bits per heavy atom. The number of carbonyl (C=O) groups is 1. The van der Waals surface area contributed by atoms with Crippen LogP contribution in [-0.2, 0) is 26.3 Å². The van der Waals surface area contributed by atoms with E-state index in [4.69, 9.17) is 10.1 Å². The topological polar surface area (TPSA) is 112 Å². The molecule has 2 aromatic rings. The van der Waals surface area contributed by atoms with Crippen molar-refractivity contribution >= 4 is 27.3 Å². The number of nitriles is 1. The van der Waals surface area contributed by atoms with Gasteiger partial charge >= 0.3 is 0 Å². The van der Waals surface area contributed by atoms with Gasteiger partial charge in [0.15, 0.2) is 0 Å². The first-order valence-corrected chi connectivity index (χ1v) is 11.0. The first-order chi connectivity index (χ1) is 14.8. The third-order valence-electron chi connectivity index (χ3n) is 4.69. The Balaban J connectivity index is 1.56. The molecule has 1 amide bonds. The molecule has 1 fully saturated rings. The van der Waals surface area contributed by atoms with E-state index in [-0.39, 0.29) is 36.1 Å². The second kappa shape index (κ2) is 9.68. The van der Waals surface area contributed by atoms with Crippen LogP contribution in [0.4, 0.5) is 10.1 Å². The van der Waals surface area contributed by atoms with Crippen molar-refractivity contribution in [3.8, 4) is 6.07 Å². The molecule has 3 rings (SSSR count). The van der Waals surface area contributed by atoms with Crippen LogP contribution >= 0.6 is 0 Å². The van der Waals surface area contributed by atoms with Crippen molar-refractivity contribution in [2.45, 2.75) is 31.3 Å². The van der Waals surface area contributed by atoms with E-state index >= 15 is 0 Å². The predicted molar refractivity (Wildman–Crippen MR) is 112 cm³/mol. The third-order valence-corrected chi connectivity index (χ3v) is 6.60. The Bertz CT molecular complexity index is 1130. The van der Waals surface area contributed by atoms with Crippen LogP contribution in [0.3, 0.4) is 0 Å². The molecule has 0 aliphatic carbocycles. The van der Waals surface area contributed by atoms with Gasteiger partial charge in [-0.3, -0.25) is 4.79 Å². The number of rotatable bonds is 6. The smallest absolute Gasteiger partial charge is 0.243 e. The van der Waals surface area contributed by atoms with Gasteiger partial charge in [-0.05, 0) is 42.0 Å². The molecule has 0 saturated carbocycles. The first-order valence-electron chi connectivity index (χ1n) is 9.53. The molecule has 162 valence electrons. The number of hydrogen-bond donors (Lipinski definition) is 1. The lowest BCUT2D eigenvalue weighted by molar-refractivity contribution is -0.114. The van der Waals surface area contributed by atoms with E-state index in [9.17, 15) is 17.6 Å². The Labute approximate surface area is 180 Å². The maximum absolute atomic E-state index is 13.3. The van der Waals surface area contributed by atoms with E-state index in [1.54, 1.807) is 18.2 Å². The molecule has 0 bridgehead atoms. The van der Waals surface area contributed by atoms with Crippen molar-refractivity contribution in [3.63, 3.8) is 0 Å². The monoisotopic (exact) mass is 444 g/mol. The fourth-order valence-electron chi connectivity index (χ4n) is 3.08. The largest absolute Gasteiger partial charge is 0.391 e. The summed E-state index contributed by atoms with van der Waals surface area (Å²) in [6, 6.07) is 11.9. The summed E-state index contributed by atoms with van der Waals surface area (Å²) in [5.41, 5.74) is 1.82. The number of hydrogen-bond acceptors (Lipinski definition) is 6. The van der Waals surface area contributed by atoms with Crippen LogP contribution in [0.5, 0.6) is 0 Å². The average Bonchev–Trinajstić information content (AvgIpc) is 2.75. The third kappa shape index (κ3) is 5.65. The molecule has 1 aliphatic rings. The van der Waals surface area contributed by atoms with Gasteiger partial charge in [-0.1, -0.05) is 11.2 Å². The molecule has 1 saturated heterocycles. The van der Waals surface area contributed by atoms with Crippen LogP contribution in [0.15, 0.2) is 52.5 Å². The summed E-state index contributed by atoms with van der Waals surface area (Å²) in [5, 5.41) is 15.5. The molecule has 0 aromatic heterocycles. The number of carbonyl (C=O) groups excluding carboxylic acids is 1. The molecule has 1 N–H and O–H groups in total. The second-order valence-electron chi connectivity index (χ2n) is 6.97. The fourth-order valence-corrected chi connectivity index (χ4v) is 4.53. The Hall–Kier alpha value is -3.29. The zero-order valence-electron chi connectivity index (χ0n) is 16.8. The van der Waals surface area contributed by atoms with Gasteiger partial charge in [0.25, 0.3) is 0 Å². The predicted octanol–water partition coefficient (Wildman–Crippen LogP) is 3.01. The van der Waals surface area contributed by atoms with Crippen LogP contribution < -0.4 is 5.32 Å². The van der Waals surface area contributed by atoms with Gasteiger partial charge in [0.05, 0.1) is 16.2 Å². The molecule has 0 unspecified atom stereocenters. The van der Waals surface area contributed by atoms with Crippen LogP contribution in [0.2, 0.25) is 0 Å². The highest BCUT2D eigenvalue weighted by molar-refractivity contribution is 7.89. The minimum atomic E-state index is -3.65. The average molecular weight is 444 g/mol. The van der Waals surface area contributed by atoms with Gasteiger partial charge < -0.3 is 10.2 Å². The highest BCUT2D eigenvalue weighted by Gasteiger charge is 2.28. The number of nitrogens with one attached hydrogen (secondary N) is 1. The molecule has 10 heteroatoms. The summed E-state index contributed by atoms with van der Waals surface area (Å²) < 4.78 is 40.4. The fraction of sp³-hybridized carbons (Fsp3) is 0.286. The van der Waals surface area contributed by atoms with Gasteiger partial charge in [0.1, 0.15) is 18.5 Å². The lowest BCUT2D eigenvalue weighted by atomic mass is 10.1. The Morgan fingerprint density at radius 2 is 1.90 bits per heavy atom. The van der Waals surface area contributed by atoms with E-state index in [2.05, 4.69) is 10.5 Å². The molecule has 1 heterocycles.